The minimum absolute atomic E-state index is 0.0794. The van der Waals surface area contributed by atoms with E-state index in [1.807, 2.05) is 0 Å². The lowest BCUT2D eigenvalue weighted by Crippen LogP contribution is -2.33. The zero-order valence-electron chi connectivity index (χ0n) is 9.69. The molecule has 0 unspecified atom stereocenters. The Hall–Kier alpha value is -1.81. The summed E-state index contributed by atoms with van der Waals surface area (Å²) < 4.78 is 37.2. The third-order valence-corrected chi connectivity index (χ3v) is 2.70. The lowest BCUT2D eigenvalue weighted by atomic mass is 9.76. The van der Waals surface area contributed by atoms with Gasteiger partial charge in [0.2, 0.25) is 0 Å². The molecule has 2 N–H and O–H groups in total. The van der Waals surface area contributed by atoms with Crippen LogP contribution in [0.2, 0.25) is 0 Å². The van der Waals surface area contributed by atoms with E-state index in [4.69, 9.17) is 15.6 Å². The molecular weight excluding hydrogens is 280 g/mol. The van der Waals surface area contributed by atoms with Crippen LogP contribution in [0.1, 0.15) is 11.1 Å². The van der Waals surface area contributed by atoms with Gasteiger partial charge in [0.05, 0.1) is 6.54 Å². The summed E-state index contributed by atoms with van der Waals surface area (Å²) in [4.78, 5) is 2.52. The van der Waals surface area contributed by atoms with E-state index in [9.17, 15) is 12.3 Å². The molecule has 0 amide bonds. The van der Waals surface area contributed by atoms with Crippen LogP contribution in [-0.2, 0) is 17.0 Å². The summed E-state index contributed by atoms with van der Waals surface area (Å²) in [5.74, 6) is -0.445. The highest BCUT2D eigenvalue weighted by atomic mass is 32.3. The Bertz CT molecular complexity index is 630. The molecule has 0 spiro atoms. The van der Waals surface area contributed by atoms with Crippen LogP contribution in [0.5, 0.6) is 5.75 Å². The van der Waals surface area contributed by atoms with Crippen LogP contribution >= 0.6 is 0 Å². The number of hydrogen-bond acceptors (Lipinski definition) is 6. The second-order valence-electron chi connectivity index (χ2n) is 3.54. The maximum absolute atomic E-state index is 12.4. The van der Waals surface area contributed by atoms with E-state index in [-0.39, 0.29) is 17.6 Å². The number of halogens is 1. The Balaban J connectivity index is 3.34. The first-order valence-electron chi connectivity index (χ1n) is 4.89. The zero-order valence-corrected chi connectivity index (χ0v) is 10.5. The molecule has 19 heavy (non-hydrogen) atoms. The summed E-state index contributed by atoms with van der Waals surface area (Å²) in [6, 6.07) is 2.10. The van der Waals surface area contributed by atoms with Gasteiger partial charge in [0.25, 0.3) is 0 Å². The fourth-order valence-electron chi connectivity index (χ4n) is 1.47. The number of hydrogen-bond donors (Lipinski definition) is 2. The van der Waals surface area contributed by atoms with Crippen LogP contribution in [0.15, 0.2) is 17.2 Å². The first-order chi connectivity index (χ1) is 8.74. The molecule has 0 fully saturated rings. The van der Waals surface area contributed by atoms with Crippen molar-refractivity contribution < 1.29 is 26.5 Å². The Morgan fingerprint density at radius 1 is 1.53 bits per heavy atom. The summed E-state index contributed by atoms with van der Waals surface area (Å²) in [6.45, 7) is 1.33. The van der Waals surface area contributed by atoms with E-state index in [0.717, 1.165) is 12.1 Å². The summed E-state index contributed by atoms with van der Waals surface area (Å²) in [5, 5.41) is 21.5. The standard InChI is InChI=1S/C8H9BFN3O5S/c1-5-6(4-12-13-11)2-7(18-19(10,16)17)3-8(5)9(14)15/h2-3,14-15H,4H2,1H3. The number of rotatable bonds is 5. The van der Waals surface area contributed by atoms with Crippen molar-refractivity contribution in [1.82, 2.24) is 0 Å². The van der Waals surface area contributed by atoms with Crippen LogP contribution in [0.25, 0.3) is 10.4 Å². The minimum Gasteiger partial charge on any atom is -0.423 e. The molecule has 8 nitrogen and oxygen atoms in total. The average Bonchev–Trinajstić information content (AvgIpc) is 2.27. The lowest BCUT2D eigenvalue weighted by molar-refractivity contribution is 0.423. The first kappa shape index (κ1) is 15.3. The second kappa shape index (κ2) is 5.89. The smallest absolute Gasteiger partial charge is 0.423 e. The van der Waals surface area contributed by atoms with Crippen molar-refractivity contribution in [2.75, 3.05) is 0 Å². The maximum atomic E-state index is 12.4. The van der Waals surface area contributed by atoms with Gasteiger partial charge in [-0.3, -0.25) is 0 Å². The van der Waals surface area contributed by atoms with Gasteiger partial charge in [0.1, 0.15) is 5.75 Å². The van der Waals surface area contributed by atoms with Crippen molar-refractivity contribution in [3.8, 4) is 5.75 Å². The molecule has 0 heterocycles. The third kappa shape index (κ3) is 4.41. The van der Waals surface area contributed by atoms with Crippen LogP contribution in [0.3, 0.4) is 0 Å². The Morgan fingerprint density at radius 3 is 2.63 bits per heavy atom. The van der Waals surface area contributed by atoms with Gasteiger partial charge in [-0.1, -0.05) is 9.00 Å². The van der Waals surface area contributed by atoms with Crippen molar-refractivity contribution in [3.05, 3.63) is 33.7 Å². The summed E-state index contributed by atoms with van der Waals surface area (Å²) in [5.41, 5.74) is 8.79. The Kier molecular flexibility index (Phi) is 4.73. The van der Waals surface area contributed by atoms with E-state index < -0.39 is 23.4 Å². The van der Waals surface area contributed by atoms with Crippen molar-refractivity contribution in [2.45, 2.75) is 13.5 Å². The molecule has 0 saturated carbocycles. The molecule has 11 heteroatoms. The monoisotopic (exact) mass is 289 g/mol. The second-order valence-corrected chi connectivity index (χ2v) is 4.49. The summed E-state index contributed by atoms with van der Waals surface area (Å²) in [6.07, 6.45) is 0. The molecular formula is C8H9BFN3O5S. The predicted octanol–water partition coefficient (Wildman–Crippen LogP) is 0.0782. The Labute approximate surface area is 108 Å². The lowest BCUT2D eigenvalue weighted by Gasteiger charge is -2.11. The minimum atomic E-state index is -5.24. The molecule has 1 aromatic carbocycles. The van der Waals surface area contributed by atoms with E-state index >= 15 is 0 Å². The number of nitrogens with zero attached hydrogens (tertiary/aromatic N) is 3. The van der Waals surface area contributed by atoms with Gasteiger partial charge in [-0.25, -0.2) is 0 Å². The number of benzene rings is 1. The van der Waals surface area contributed by atoms with Gasteiger partial charge < -0.3 is 14.2 Å². The van der Waals surface area contributed by atoms with Gasteiger partial charge in [-0.15, -0.1) is 0 Å². The highest BCUT2D eigenvalue weighted by molar-refractivity contribution is 7.81. The van der Waals surface area contributed by atoms with E-state index in [1.165, 1.54) is 6.92 Å². The molecule has 102 valence electrons. The molecule has 0 aliphatic carbocycles. The molecule has 0 saturated heterocycles. The Morgan fingerprint density at radius 2 is 2.16 bits per heavy atom. The molecule has 0 radical (unpaired) electrons. The van der Waals surface area contributed by atoms with Crippen LogP contribution in [0, 0.1) is 6.92 Å². The molecule has 0 aromatic heterocycles. The predicted molar refractivity (Wildman–Crippen MR) is 64.5 cm³/mol. The van der Waals surface area contributed by atoms with E-state index in [0.29, 0.717) is 5.56 Å². The van der Waals surface area contributed by atoms with E-state index in [2.05, 4.69) is 14.2 Å². The topological polar surface area (TPSA) is 133 Å². The summed E-state index contributed by atoms with van der Waals surface area (Å²) in [7, 11) is -7.14. The third-order valence-electron chi connectivity index (χ3n) is 2.31. The quantitative estimate of drug-likeness (QED) is 0.260. The first-order valence-corrected chi connectivity index (χ1v) is 6.20. The normalized spacial score (nSPS) is 10.7. The van der Waals surface area contributed by atoms with Crippen molar-refractivity contribution in [2.24, 2.45) is 5.11 Å². The molecule has 1 rings (SSSR count). The van der Waals surface area contributed by atoms with Crippen molar-refractivity contribution in [3.63, 3.8) is 0 Å². The fraction of sp³-hybridized carbons (Fsp3) is 0.250. The molecule has 0 atom stereocenters. The van der Waals surface area contributed by atoms with Gasteiger partial charge in [0, 0.05) is 4.91 Å². The maximum Gasteiger partial charge on any atom is 0.488 e. The molecule has 0 aliphatic rings. The molecule has 0 aliphatic heterocycles. The van der Waals surface area contributed by atoms with Crippen molar-refractivity contribution >= 4 is 23.1 Å². The number of azide groups is 1. The fourth-order valence-corrected chi connectivity index (χ4v) is 1.80. The van der Waals surface area contributed by atoms with Crippen LogP contribution in [0.4, 0.5) is 3.89 Å². The highest BCUT2D eigenvalue weighted by Gasteiger charge is 2.20. The highest BCUT2D eigenvalue weighted by Crippen LogP contribution is 2.19. The SMILES string of the molecule is Cc1c(CN=[N+]=[N-])cc(OS(=O)(=O)F)cc1B(O)O. The zero-order chi connectivity index (χ0) is 14.6. The van der Waals surface area contributed by atoms with Crippen LogP contribution < -0.4 is 9.65 Å². The van der Waals surface area contributed by atoms with Gasteiger partial charge in [-0.2, -0.15) is 8.42 Å². The van der Waals surface area contributed by atoms with Crippen LogP contribution in [-0.4, -0.2) is 25.6 Å². The molecule has 1 aromatic rings. The molecule has 0 bridgehead atoms. The van der Waals surface area contributed by atoms with Gasteiger partial charge in [-0.05, 0) is 41.2 Å². The summed E-state index contributed by atoms with van der Waals surface area (Å²) >= 11 is 0. The largest absolute Gasteiger partial charge is 0.488 e. The van der Waals surface area contributed by atoms with Gasteiger partial charge in [0.15, 0.2) is 0 Å². The van der Waals surface area contributed by atoms with E-state index in [1.54, 1.807) is 0 Å². The van der Waals surface area contributed by atoms with Crippen molar-refractivity contribution in [1.29, 1.82) is 0 Å². The van der Waals surface area contributed by atoms with Gasteiger partial charge >= 0.3 is 17.6 Å². The average molecular weight is 289 g/mol.